The van der Waals surface area contributed by atoms with Gasteiger partial charge in [0.05, 0.1) is 0 Å². The molecule has 0 bridgehead atoms. The molecule has 0 N–H and O–H groups in total. The number of hydrogen-bond donors (Lipinski definition) is 1. The third-order valence-corrected chi connectivity index (χ3v) is 4.73. The summed E-state index contributed by atoms with van der Waals surface area (Å²) in [5.41, 5.74) is 2.47. The van der Waals surface area contributed by atoms with Gasteiger partial charge in [-0.1, -0.05) is 31.4 Å². The van der Waals surface area contributed by atoms with Crippen molar-refractivity contribution in [1.29, 1.82) is 0 Å². The summed E-state index contributed by atoms with van der Waals surface area (Å²) in [7, 11) is 0. The Bertz CT molecular complexity index is 450. The summed E-state index contributed by atoms with van der Waals surface area (Å²) < 4.78 is 0. The van der Waals surface area contributed by atoms with Gasteiger partial charge in [0.15, 0.2) is 0 Å². The Kier molecular flexibility index (Phi) is 3.83. The number of anilines is 1. The van der Waals surface area contributed by atoms with Crippen molar-refractivity contribution in [1.82, 2.24) is 0 Å². The van der Waals surface area contributed by atoms with E-state index in [2.05, 4.69) is 36.9 Å². The van der Waals surface area contributed by atoms with Crippen LogP contribution in [0.1, 0.15) is 50.0 Å². The van der Waals surface area contributed by atoms with Crippen LogP contribution in [0.4, 0.5) is 5.69 Å². The molecule has 0 aromatic heterocycles. The topological polar surface area (TPSA) is 20.3 Å². The second-order valence-corrected chi connectivity index (χ2v) is 6.52. The van der Waals surface area contributed by atoms with Crippen LogP contribution in [0.3, 0.4) is 0 Å². The molecule has 3 heteroatoms. The van der Waals surface area contributed by atoms with Gasteiger partial charge in [-0.25, -0.2) is 0 Å². The van der Waals surface area contributed by atoms with Gasteiger partial charge in [-0.3, -0.25) is 4.79 Å². The molecule has 0 spiro atoms. The van der Waals surface area contributed by atoms with Gasteiger partial charge in [0.25, 0.3) is 0 Å². The SMILES string of the molecule is O=C1CC(S)CN1c1ccc(C2CCCCC2)cc1. The summed E-state index contributed by atoms with van der Waals surface area (Å²) in [5.74, 6) is 0.931. The van der Waals surface area contributed by atoms with Crippen LogP contribution in [0.15, 0.2) is 24.3 Å². The Morgan fingerprint density at radius 2 is 1.74 bits per heavy atom. The van der Waals surface area contributed by atoms with Crippen molar-refractivity contribution in [2.75, 3.05) is 11.4 Å². The predicted octanol–water partition coefficient (Wildman–Crippen LogP) is 3.77. The molecule has 3 rings (SSSR count). The highest BCUT2D eigenvalue weighted by Crippen LogP contribution is 2.34. The van der Waals surface area contributed by atoms with Crippen LogP contribution in [0.25, 0.3) is 0 Å². The Hall–Kier alpha value is -0.960. The molecule has 2 aliphatic rings. The lowest BCUT2D eigenvalue weighted by Gasteiger charge is -2.23. The molecule has 2 fully saturated rings. The largest absolute Gasteiger partial charge is 0.311 e. The van der Waals surface area contributed by atoms with Gasteiger partial charge in [0, 0.05) is 23.9 Å². The Balaban J connectivity index is 1.73. The van der Waals surface area contributed by atoms with Crippen LogP contribution in [0, 0.1) is 0 Å². The first-order chi connectivity index (χ1) is 9.24. The lowest BCUT2D eigenvalue weighted by molar-refractivity contribution is -0.117. The highest BCUT2D eigenvalue weighted by Gasteiger charge is 2.28. The van der Waals surface area contributed by atoms with E-state index in [1.807, 2.05) is 4.90 Å². The standard InChI is InChI=1S/C16H21NOS/c18-16-10-15(19)11-17(16)14-8-6-13(7-9-14)12-4-2-1-3-5-12/h6-9,12,15,19H,1-5,10-11H2. The fourth-order valence-electron chi connectivity index (χ4n) is 3.30. The van der Waals surface area contributed by atoms with Crippen LogP contribution in [0.2, 0.25) is 0 Å². The van der Waals surface area contributed by atoms with Crippen molar-refractivity contribution < 1.29 is 4.79 Å². The predicted molar refractivity (Wildman–Crippen MR) is 82.0 cm³/mol. The number of benzene rings is 1. The molecule has 0 radical (unpaired) electrons. The van der Waals surface area contributed by atoms with Gasteiger partial charge < -0.3 is 4.90 Å². The minimum absolute atomic E-state index is 0.186. The summed E-state index contributed by atoms with van der Waals surface area (Å²) in [6.07, 6.45) is 7.31. The van der Waals surface area contributed by atoms with Crippen LogP contribution in [-0.2, 0) is 4.79 Å². The number of carbonyl (C=O) groups excluding carboxylic acids is 1. The van der Waals surface area contributed by atoms with Crippen LogP contribution in [-0.4, -0.2) is 17.7 Å². The van der Waals surface area contributed by atoms with Crippen molar-refractivity contribution in [2.24, 2.45) is 0 Å². The summed E-state index contributed by atoms with van der Waals surface area (Å²) in [4.78, 5) is 13.7. The molecule has 2 nitrogen and oxygen atoms in total. The highest BCUT2D eigenvalue weighted by atomic mass is 32.1. The lowest BCUT2D eigenvalue weighted by atomic mass is 9.84. The van der Waals surface area contributed by atoms with Crippen LogP contribution in [0.5, 0.6) is 0 Å². The first-order valence-corrected chi connectivity index (χ1v) is 7.84. The van der Waals surface area contributed by atoms with Crippen LogP contribution >= 0.6 is 12.6 Å². The summed E-state index contributed by atoms with van der Waals surface area (Å²) >= 11 is 4.40. The first-order valence-electron chi connectivity index (χ1n) is 7.32. The molecule has 102 valence electrons. The zero-order valence-corrected chi connectivity index (χ0v) is 12.1. The molecular weight excluding hydrogens is 254 g/mol. The molecule has 1 unspecified atom stereocenters. The Morgan fingerprint density at radius 1 is 1.05 bits per heavy atom. The number of amides is 1. The molecule has 1 saturated heterocycles. The zero-order chi connectivity index (χ0) is 13.2. The molecule has 1 aliphatic carbocycles. The summed E-state index contributed by atoms with van der Waals surface area (Å²) in [5, 5.41) is 0.186. The van der Waals surface area contributed by atoms with Crippen molar-refractivity contribution >= 4 is 24.2 Å². The number of thiol groups is 1. The van der Waals surface area contributed by atoms with Gasteiger partial charge >= 0.3 is 0 Å². The monoisotopic (exact) mass is 275 g/mol. The maximum Gasteiger partial charge on any atom is 0.228 e. The molecular formula is C16H21NOS. The second-order valence-electron chi connectivity index (χ2n) is 5.79. The molecule has 19 heavy (non-hydrogen) atoms. The Morgan fingerprint density at radius 3 is 2.32 bits per heavy atom. The van der Waals surface area contributed by atoms with Gasteiger partial charge in [0.2, 0.25) is 5.91 Å². The maximum atomic E-state index is 11.8. The van der Waals surface area contributed by atoms with E-state index in [1.54, 1.807) is 0 Å². The smallest absolute Gasteiger partial charge is 0.228 e. The van der Waals surface area contributed by atoms with E-state index in [4.69, 9.17) is 0 Å². The molecule has 1 saturated carbocycles. The van der Waals surface area contributed by atoms with Crippen molar-refractivity contribution in [3.05, 3.63) is 29.8 Å². The molecule has 1 atom stereocenters. The van der Waals surface area contributed by atoms with Gasteiger partial charge in [-0.2, -0.15) is 12.6 Å². The minimum atomic E-state index is 0.186. The number of rotatable bonds is 2. The fraction of sp³-hybridized carbons (Fsp3) is 0.562. The van der Waals surface area contributed by atoms with Gasteiger partial charge in [0.1, 0.15) is 0 Å². The average Bonchev–Trinajstić information content (AvgIpc) is 2.79. The Labute approximate surface area is 120 Å². The first kappa shape index (κ1) is 13.0. The van der Waals surface area contributed by atoms with Gasteiger partial charge in [-0.05, 0) is 36.5 Å². The molecule has 1 heterocycles. The summed E-state index contributed by atoms with van der Waals surface area (Å²) in [6.45, 7) is 0.741. The second kappa shape index (κ2) is 5.58. The van der Waals surface area contributed by atoms with E-state index in [0.29, 0.717) is 6.42 Å². The van der Waals surface area contributed by atoms with Gasteiger partial charge in [-0.15, -0.1) is 0 Å². The number of nitrogens with zero attached hydrogens (tertiary/aromatic N) is 1. The van der Waals surface area contributed by atoms with Crippen LogP contribution < -0.4 is 4.90 Å². The molecule has 1 aliphatic heterocycles. The summed E-state index contributed by atoms with van der Waals surface area (Å²) in [6, 6.07) is 8.64. The quantitative estimate of drug-likeness (QED) is 0.815. The highest BCUT2D eigenvalue weighted by molar-refractivity contribution is 7.81. The third kappa shape index (κ3) is 2.81. The molecule has 1 amide bonds. The van der Waals surface area contributed by atoms with E-state index in [1.165, 1.54) is 37.7 Å². The normalized spacial score (nSPS) is 25.0. The van der Waals surface area contributed by atoms with Crippen molar-refractivity contribution in [3.8, 4) is 0 Å². The van der Waals surface area contributed by atoms with E-state index in [-0.39, 0.29) is 11.2 Å². The lowest BCUT2D eigenvalue weighted by Crippen LogP contribution is -2.24. The fourth-order valence-corrected chi connectivity index (χ4v) is 3.62. The van der Waals surface area contributed by atoms with E-state index in [9.17, 15) is 4.79 Å². The zero-order valence-electron chi connectivity index (χ0n) is 11.2. The molecule has 1 aromatic carbocycles. The van der Waals surface area contributed by atoms with E-state index < -0.39 is 0 Å². The van der Waals surface area contributed by atoms with Crippen molar-refractivity contribution in [3.63, 3.8) is 0 Å². The van der Waals surface area contributed by atoms with Crippen molar-refractivity contribution in [2.45, 2.75) is 49.7 Å². The minimum Gasteiger partial charge on any atom is -0.311 e. The van der Waals surface area contributed by atoms with E-state index in [0.717, 1.165) is 18.2 Å². The maximum absolute atomic E-state index is 11.8. The van der Waals surface area contributed by atoms with E-state index >= 15 is 0 Å². The molecule has 1 aromatic rings. The third-order valence-electron chi connectivity index (χ3n) is 4.39. The average molecular weight is 275 g/mol. The number of carbonyl (C=O) groups is 1. The number of hydrogen-bond acceptors (Lipinski definition) is 2.